The van der Waals surface area contributed by atoms with Crippen molar-refractivity contribution in [2.75, 3.05) is 28.6 Å². The van der Waals surface area contributed by atoms with Gasteiger partial charge in [-0.1, -0.05) is 12.1 Å². The zero-order valence-corrected chi connectivity index (χ0v) is 21.8. The summed E-state index contributed by atoms with van der Waals surface area (Å²) in [5.41, 5.74) is 0.758. The summed E-state index contributed by atoms with van der Waals surface area (Å²) in [6.07, 6.45) is 4.72. The van der Waals surface area contributed by atoms with Crippen molar-refractivity contribution in [2.45, 2.75) is 31.5 Å². The lowest BCUT2D eigenvalue weighted by Crippen LogP contribution is -2.35. The van der Waals surface area contributed by atoms with E-state index in [1.807, 2.05) is 23.4 Å². The van der Waals surface area contributed by atoms with Crippen LogP contribution in [0.4, 0.5) is 36.4 Å². The van der Waals surface area contributed by atoms with Gasteiger partial charge in [0, 0.05) is 49.4 Å². The van der Waals surface area contributed by atoms with Crippen LogP contribution in [0, 0.1) is 0 Å². The number of rotatable bonds is 8. The molecule has 1 aromatic carbocycles. The summed E-state index contributed by atoms with van der Waals surface area (Å²) in [5, 5.41) is 13.1. The number of benzene rings is 1. The molecule has 4 heterocycles. The molecule has 0 radical (unpaired) electrons. The highest BCUT2D eigenvalue weighted by atomic mass is 19.4. The Labute approximate surface area is 233 Å². The van der Waals surface area contributed by atoms with Crippen molar-refractivity contribution < 1.29 is 18.0 Å². The van der Waals surface area contributed by atoms with Gasteiger partial charge < -0.3 is 20.4 Å². The highest BCUT2D eigenvalue weighted by Gasteiger charge is 2.34. The molecule has 2 aliphatic rings. The number of nitrogens with zero attached hydrogens (tertiary/aromatic N) is 6. The van der Waals surface area contributed by atoms with Crippen LogP contribution in [0.15, 0.2) is 73.3 Å². The van der Waals surface area contributed by atoms with Crippen molar-refractivity contribution in [1.82, 2.24) is 30.0 Å². The average molecular weight is 562 g/mol. The Bertz CT molecular complexity index is 1560. The molecule has 0 saturated heterocycles. The van der Waals surface area contributed by atoms with Crippen molar-refractivity contribution in [3.63, 3.8) is 0 Å². The Morgan fingerprint density at radius 3 is 2.61 bits per heavy atom. The van der Waals surface area contributed by atoms with Gasteiger partial charge in [-0.15, -0.1) is 0 Å². The molecule has 3 aromatic heterocycles. The number of alkyl halides is 3. The Hall–Kier alpha value is -4.94. The van der Waals surface area contributed by atoms with E-state index in [2.05, 4.69) is 40.7 Å². The van der Waals surface area contributed by atoms with E-state index in [1.165, 1.54) is 31.2 Å². The van der Waals surface area contributed by atoms with E-state index in [0.717, 1.165) is 29.3 Å². The molecule has 6 rings (SSSR count). The number of H-pyrrole nitrogens is 1. The van der Waals surface area contributed by atoms with Crippen LogP contribution in [0.5, 0.6) is 0 Å². The number of carbonyl (C=O) groups is 1. The first-order valence-electron chi connectivity index (χ1n) is 13.1. The molecule has 0 bridgehead atoms. The maximum Gasteiger partial charge on any atom is 0.417 e. The molecule has 0 spiro atoms. The number of hydrogen-bond donors (Lipinski definition) is 3. The van der Waals surface area contributed by atoms with Crippen molar-refractivity contribution in [2.24, 2.45) is 0 Å². The van der Waals surface area contributed by atoms with Gasteiger partial charge in [0.2, 0.25) is 5.95 Å². The van der Waals surface area contributed by atoms with Crippen LogP contribution >= 0.6 is 0 Å². The number of nitrogens with one attached hydrogen (secondary N) is 3. The minimum atomic E-state index is -4.63. The van der Waals surface area contributed by atoms with E-state index in [-0.39, 0.29) is 0 Å². The quantitative estimate of drug-likeness (QED) is 0.266. The Morgan fingerprint density at radius 2 is 1.88 bits per heavy atom. The second-order valence-corrected chi connectivity index (χ2v) is 9.85. The van der Waals surface area contributed by atoms with Crippen LogP contribution in [0.25, 0.3) is 0 Å². The normalized spacial score (nSPS) is 15.2. The van der Waals surface area contributed by atoms with E-state index >= 15 is 0 Å². The van der Waals surface area contributed by atoms with E-state index in [0.29, 0.717) is 43.0 Å². The second-order valence-electron chi connectivity index (χ2n) is 9.85. The van der Waals surface area contributed by atoms with E-state index in [9.17, 15) is 18.0 Å². The van der Waals surface area contributed by atoms with Gasteiger partial charge in [0.1, 0.15) is 5.82 Å². The fourth-order valence-corrected chi connectivity index (χ4v) is 4.48. The van der Waals surface area contributed by atoms with Gasteiger partial charge in [-0.3, -0.25) is 14.9 Å². The van der Waals surface area contributed by atoms with Gasteiger partial charge >= 0.3 is 6.18 Å². The molecule has 0 atom stereocenters. The van der Waals surface area contributed by atoms with Gasteiger partial charge in [0.15, 0.2) is 5.82 Å². The molecule has 1 fully saturated rings. The largest absolute Gasteiger partial charge is 0.417 e. The fourth-order valence-electron chi connectivity index (χ4n) is 4.48. The van der Waals surface area contributed by atoms with Crippen LogP contribution in [-0.4, -0.2) is 49.0 Å². The summed E-state index contributed by atoms with van der Waals surface area (Å²) in [5.74, 6) is 1.68. The monoisotopic (exact) mass is 561 g/mol. The number of aromatic amines is 1. The predicted octanol–water partition coefficient (Wildman–Crippen LogP) is 5.28. The highest BCUT2D eigenvalue weighted by Crippen LogP contribution is 2.39. The average Bonchev–Trinajstić information content (AvgIpc) is 3.72. The van der Waals surface area contributed by atoms with Gasteiger partial charge in [-0.05, 0) is 43.2 Å². The van der Waals surface area contributed by atoms with Crippen LogP contribution in [0.1, 0.15) is 46.1 Å². The lowest BCUT2D eigenvalue weighted by atomic mass is 10.1. The van der Waals surface area contributed by atoms with Crippen LogP contribution in [0.2, 0.25) is 0 Å². The highest BCUT2D eigenvalue weighted by molar-refractivity contribution is 6.05. The maximum atomic E-state index is 13.2. The molecule has 1 aliphatic heterocycles. The summed E-state index contributed by atoms with van der Waals surface area (Å²) in [7, 11) is 0. The number of carbonyl (C=O) groups excluding carboxylic acids is 1. The maximum absolute atomic E-state index is 13.2. The Balaban J connectivity index is 1.04. The first-order valence-corrected chi connectivity index (χ1v) is 13.1. The minimum absolute atomic E-state index is 0.306. The van der Waals surface area contributed by atoms with Crippen molar-refractivity contribution in [1.29, 1.82) is 0 Å². The molecule has 1 saturated carbocycles. The first kappa shape index (κ1) is 26.3. The Kier molecular flexibility index (Phi) is 7.00. The van der Waals surface area contributed by atoms with Gasteiger partial charge in [-0.2, -0.15) is 23.3 Å². The molecule has 4 aromatic rings. The van der Waals surface area contributed by atoms with E-state index in [4.69, 9.17) is 0 Å². The zero-order valence-electron chi connectivity index (χ0n) is 21.8. The summed E-state index contributed by atoms with van der Waals surface area (Å²) < 4.78 is 39.7. The molecule has 210 valence electrons. The van der Waals surface area contributed by atoms with E-state index < -0.39 is 23.2 Å². The molecule has 10 nitrogen and oxygen atoms in total. The van der Waals surface area contributed by atoms with Crippen molar-refractivity contribution in [3.05, 3.63) is 95.8 Å². The molecule has 13 heteroatoms. The molecule has 41 heavy (non-hydrogen) atoms. The number of halogens is 3. The third-order valence-electron chi connectivity index (χ3n) is 6.78. The van der Waals surface area contributed by atoms with Crippen LogP contribution < -0.4 is 15.5 Å². The number of pyridine rings is 1. The summed E-state index contributed by atoms with van der Waals surface area (Å²) in [6.45, 7) is 1.86. The standard InChI is InChI=1S/C28H26F3N9O/c29-28(30,31)22-4-2-1-3-21(22)26(41)34-19-7-8-20(33-16-19)17-39-11-13-40(14-12-39)27-32-10-9-24(36-27)35-25-15-23(37-38-25)18-5-6-18/h1-4,7-11,13,15-16,18H,5-6,12,14,17H2,(H,34,41)(H2,32,35,36,37,38). The number of hydrogen-bond acceptors (Lipinski definition) is 8. The van der Waals surface area contributed by atoms with Crippen molar-refractivity contribution in [3.8, 4) is 0 Å². The van der Waals surface area contributed by atoms with Gasteiger partial charge in [0.25, 0.3) is 5.91 Å². The second kappa shape index (κ2) is 10.9. The van der Waals surface area contributed by atoms with Gasteiger partial charge in [-0.25, -0.2) is 4.98 Å². The molecular formula is C28H26F3N9O. The zero-order chi connectivity index (χ0) is 28.4. The van der Waals surface area contributed by atoms with Crippen LogP contribution in [-0.2, 0) is 12.7 Å². The van der Waals surface area contributed by atoms with Crippen LogP contribution in [0.3, 0.4) is 0 Å². The molecule has 0 unspecified atom stereocenters. The summed E-state index contributed by atoms with van der Waals surface area (Å²) in [4.78, 5) is 29.9. The van der Waals surface area contributed by atoms with Crippen molar-refractivity contribution >= 4 is 29.2 Å². The third-order valence-corrected chi connectivity index (χ3v) is 6.78. The molecule has 3 N–H and O–H groups in total. The number of anilines is 4. The summed E-state index contributed by atoms with van der Waals surface area (Å²) >= 11 is 0. The van der Waals surface area contributed by atoms with Gasteiger partial charge in [0.05, 0.1) is 35.2 Å². The minimum Gasteiger partial charge on any atom is -0.368 e. The molecule has 1 amide bonds. The Morgan fingerprint density at radius 1 is 1.02 bits per heavy atom. The summed E-state index contributed by atoms with van der Waals surface area (Å²) in [6, 6.07) is 11.8. The lowest BCUT2D eigenvalue weighted by molar-refractivity contribution is -0.137. The smallest absolute Gasteiger partial charge is 0.368 e. The molecule has 1 aliphatic carbocycles. The molecular weight excluding hydrogens is 535 g/mol. The number of amides is 1. The number of aromatic nitrogens is 5. The fraction of sp³-hybridized carbons (Fsp3) is 0.250. The first-order chi connectivity index (χ1) is 19.8. The third kappa shape index (κ3) is 6.29. The lowest BCUT2D eigenvalue weighted by Gasteiger charge is -2.30. The van der Waals surface area contributed by atoms with E-state index in [1.54, 1.807) is 24.4 Å². The SMILES string of the molecule is O=C(Nc1ccc(CN2C=CN(c3nccc(Nc4cc(C5CC5)[nH]n4)n3)CC2)nc1)c1ccccc1C(F)(F)F. The predicted molar refractivity (Wildman–Crippen MR) is 146 cm³/mol. The topological polar surface area (TPSA) is 115 Å².